The Morgan fingerprint density at radius 1 is 1.22 bits per heavy atom. The molecule has 2 unspecified atom stereocenters. The van der Waals surface area contributed by atoms with E-state index in [4.69, 9.17) is 4.99 Å². The summed E-state index contributed by atoms with van der Waals surface area (Å²) in [5, 5.41) is 3.42. The number of nitrogens with one attached hydrogen (secondary N) is 1. The molecule has 152 valence electrons. The number of nitrogens with zero attached hydrogens (tertiary/aromatic N) is 3. The summed E-state index contributed by atoms with van der Waals surface area (Å²) >= 11 is 0. The molecular weight excluding hydrogens is 471 g/mol. The minimum Gasteiger partial charge on any atom is -0.357 e. The van der Waals surface area contributed by atoms with Crippen LogP contribution in [0.1, 0.15) is 31.7 Å². The lowest BCUT2D eigenvalue weighted by atomic mass is 10.2. The summed E-state index contributed by atoms with van der Waals surface area (Å²) in [6.07, 6.45) is 3.92. The molecule has 27 heavy (non-hydrogen) atoms. The maximum Gasteiger partial charge on any atom is 0.193 e. The molecule has 2 heterocycles. The lowest BCUT2D eigenvalue weighted by Gasteiger charge is -2.25. The molecular formula is C20H33IN4OS. The van der Waals surface area contributed by atoms with Gasteiger partial charge in [0.15, 0.2) is 5.96 Å². The number of hydrogen-bond acceptors (Lipinski definition) is 3. The monoisotopic (exact) mass is 504 g/mol. The van der Waals surface area contributed by atoms with Crippen LogP contribution < -0.4 is 5.32 Å². The third-order valence-electron chi connectivity index (χ3n) is 5.21. The first-order valence-corrected chi connectivity index (χ1v) is 11.4. The highest BCUT2D eigenvalue weighted by Crippen LogP contribution is 2.20. The van der Waals surface area contributed by atoms with Crippen molar-refractivity contribution in [3.63, 3.8) is 0 Å². The first kappa shape index (κ1) is 22.6. The number of rotatable bonds is 7. The molecule has 5 nitrogen and oxygen atoms in total. The number of hydrogen-bond donors (Lipinski definition) is 1. The fraction of sp³-hybridized carbons (Fsp3) is 0.650. The van der Waals surface area contributed by atoms with E-state index in [1.165, 1.54) is 32.4 Å². The third kappa shape index (κ3) is 7.02. The second kappa shape index (κ2) is 12.0. The second-order valence-electron chi connectivity index (χ2n) is 7.14. The van der Waals surface area contributed by atoms with Crippen molar-refractivity contribution in [3.8, 4) is 0 Å². The number of benzene rings is 1. The van der Waals surface area contributed by atoms with Gasteiger partial charge in [0.05, 0.1) is 6.54 Å². The zero-order valence-corrected chi connectivity index (χ0v) is 19.5. The molecule has 3 rings (SSSR count). The van der Waals surface area contributed by atoms with Crippen molar-refractivity contribution in [2.24, 2.45) is 4.99 Å². The third-order valence-corrected chi connectivity index (χ3v) is 6.50. The molecule has 2 atom stereocenters. The van der Waals surface area contributed by atoms with E-state index in [0.717, 1.165) is 31.2 Å². The largest absolute Gasteiger partial charge is 0.357 e. The summed E-state index contributed by atoms with van der Waals surface area (Å²) in [5.41, 5.74) is 1.13. The van der Waals surface area contributed by atoms with Gasteiger partial charge in [0, 0.05) is 48.0 Å². The van der Waals surface area contributed by atoms with Gasteiger partial charge in [-0.3, -0.25) is 14.1 Å². The van der Waals surface area contributed by atoms with Crippen molar-refractivity contribution in [2.75, 3.05) is 45.0 Å². The molecule has 7 heteroatoms. The van der Waals surface area contributed by atoms with E-state index >= 15 is 0 Å². The van der Waals surface area contributed by atoms with Crippen molar-refractivity contribution in [1.82, 2.24) is 15.1 Å². The molecule has 0 aliphatic carbocycles. The molecule has 0 saturated carbocycles. The highest BCUT2D eigenvalue weighted by molar-refractivity contribution is 14.0. The summed E-state index contributed by atoms with van der Waals surface area (Å²) in [5.74, 6) is 2.23. The van der Waals surface area contributed by atoms with Crippen LogP contribution in [0.4, 0.5) is 0 Å². The van der Waals surface area contributed by atoms with Crippen LogP contribution in [0.2, 0.25) is 0 Å². The van der Waals surface area contributed by atoms with Crippen LogP contribution in [-0.4, -0.2) is 71.0 Å². The summed E-state index contributed by atoms with van der Waals surface area (Å²) in [6, 6.07) is 10.7. The van der Waals surface area contributed by atoms with E-state index < -0.39 is 10.8 Å². The van der Waals surface area contributed by atoms with Gasteiger partial charge in [-0.25, -0.2) is 0 Å². The van der Waals surface area contributed by atoms with Gasteiger partial charge in [-0.05, 0) is 44.8 Å². The van der Waals surface area contributed by atoms with E-state index in [2.05, 4.69) is 22.0 Å². The number of likely N-dealkylation sites (tertiary alicyclic amines) is 2. The Balaban J connectivity index is 0.00000261. The van der Waals surface area contributed by atoms with Gasteiger partial charge in [-0.2, -0.15) is 0 Å². The lowest BCUT2D eigenvalue weighted by molar-refractivity contribution is 0.249. The Kier molecular flexibility index (Phi) is 10.1. The lowest BCUT2D eigenvalue weighted by Crippen LogP contribution is -2.42. The first-order valence-electron chi connectivity index (χ1n) is 9.92. The van der Waals surface area contributed by atoms with Gasteiger partial charge in [-0.15, -0.1) is 24.0 Å². The standard InChI is InChI=1S/C20H32N4OS.HI/c1-2-21-20(24-14-10-19(16-24)23-12-6-7-13-23)22-11-15-26(25)17-18-8-4-3-5-9-18;/h3-5,8-9,19H,2,6-7,10-17H2,1H3,(H,21,22);1H. The van der Waals surface area contributed by atoms with Gasteiger partial charge in [0.25, 0.3) is 0 Å². The van der Waals surface area contributed by atoms with Gasteiger partial charge in [-0.1, -0.05) is 30.3 Å². The minimum atomic E-state index is -0.863. The Bertz CT molecular complexity index is 607. The second-order valence-corrected chi connectivity index (χ2v) is 8.72. The van der Waals surface area contributed by atoms with Gasteiger partial charge < -0.3 is 10.2 Å². The van der Waals surface area contributed by atoms with Crippen LogP contribution in [0, 0.1) is 0 Å². The molecule has 1 aromatic carbocycles. The van der Waals surface area contributed by atoms with Crippen LogP contribution >= 0.6 is 24.0 Å². The Morgan fingerprint density at radius 3 is 2.67 bits per heavy atom. The highest BCUT2D eigenvalue weighted by Gasteiger charge is 2.30. The van der Waals surface area contributed by atoms with Crippen molar-refractivity contribution in [2.45, 2.75) is 38.0 Å². The predicted molar refractivity (Wildman–Crippen MR) is 125 cm³/mol. The predicted octanol–water partition coefficient (Wildman–Crippen LogP) is 2.69. The van der Waals surface area contributed by atoms with Crippen LogP contribution in [0.25, 0.3) is 0 Å². The number of halogens is 1. The molecule has 2 aliphatic heterocycles. The van der Waals surface area contributed by atoms with Crippen molar-refractivity contribution < 1.29 is 4.21 Å². The molecule has 2 saturated heterocycles. The Labute approximate surface area is 183 Å². The van der Waals surface area contributed by atoms with Crippen molar-refractivity contribution >= 4 is 40.7 Å². The normalized spacial score (nSPS) is 21.9. The highest BCUT2D eigenvalue weighted by atomic mass is 127. The zero-order valence-electron chi connectivity index (χ0n) is 16.3. The Morgan fingerprint density at radius 2 is 1.96 bits per heavy atom. The molecule has 1 N–H and O–H groups in total. The maximum absolute atomic E-state index is 12.3. The van der Waals surface area contributed by atoms with E-state index in [9.17, 15) is 4.21 Å². The fourth-order valence-corrected chi connectivity index (χ4v) is 4.85. The SMILES string of the molecule is CCNC(=NCCS(=O)Cc1ccccc1)N1CCC(N2CCCC2)C1.I. The molecule has 0 bridgehead atoms. The molecule has 2 fully saturated rings. The molecule has 1 aromatic rings. The maximum atomic E-state index is 12.3. The average molecular weight is 504 g/mol. The molecule has 0 aromatic heterocycles. The fourth-order valence-electron chi connectivity index (χ4n) is 3.85. The van der Waals surface area contributed by atoms with Crippen LogP contribution in [0.15, 0.2) is 35.3 Å². The Hall–Kier alpha value is -0.670. The molecule has 0 amide bonds. The van der Waals surface area contributed by atoms with Gasteiger partial charge in [0.1, 0.15) is 0 Å². The van der Waals surface area contributed by atoms with Crippen LogP contribution in [-0.2, 0) is 16.6 Å². The smallest absolute Gasteiger partial charge is 0.193 e. The van der Waals surface area contributed by atoms with Crippen LogP contribution in [0.5, 0.6) is 0 Å². The van der Waals surface area contributed by atoms with E-state index in [-0.39, 0.29) is 24.0 Å². The van der Waals surface area contributed by atoms with Gasteiger partial charge in [0.2, 0.25) is 0 Å². The number of guanidine groups is 1. The summed E-state index contributed by atoms with van der Waals surface area (Å²) in [6.45, 7) is 8.24. The first-order chi connectivity index (χ1) is 12.8. The van der Waals surface area contributed by atoms with E-state index in [1.54, 1.807) is 0 Å². The summed E-state index contributed by atoms with van der Waals surface area (Å²) in [4.78, 5) is 9.78. The van der Waals surface area contributed by atoms with E-state index in [1.807, 2.05) is 30.3 Å². The number of aliphatic imine (C=N–C) groups is 1. The van der Waals surface area contributed by atoms with Crippen molar-refractivity contribution in [3.05, 3.63) is 35.9 Å². The zero-order chi connectivity index (χ0) is 18.2. The molecule has 0 spiro atoms. The minimum absolute atomic E-state index is 0. The molecule has 2 aliphatic rings. The quantitative estimate of drug-likeness (QED) is 0.353. The van der Waals surface area contributed by atoms with Crippen LogP contribution in [0.3, 0.4) is 0 Å². The summed E-state index contributed by atoms with van der Waals surface area (Å²) < 4.78 is 12.3. The van der Waals surface area contributed by atoms with Gasteiger partial charge >= 0.3 is 0 Å². The van der Waals surface area contributed by atoms with Crippen molar-refractivity contribution in [1.29, 1.82) is 0 Å². The molecule has 0 radical (unpaired) electrons. The average Bonchev–Trinajstić information content (AvgIpc) is 3.33. The van der Waals surface area contributed by atoms with E-state index in [0.29, 0.717) is 24.1 Å². The topological polar surface area (TPSA) is 47.9 Å². The summed E-state index contributed by atoms with van der Waals surface area (Å²) in [7, 11) is -0.863.